The van der Waals surface area contributed by atoms with Crippen molar-refractivity contribution in [2.24, 2.45) is 0 Å². The first kappa shape index (κ1) is 49.2. The van der Waals surface area contributed by atoms with E-state index in [1.807, 2.05) is 30.3 Å². The third-order valence-corrected chi connectivity index (χ3v) is 9.26. The SMILES string of the molecule is Fc1c(F)c(F)c([B-](c2c(F)c(F)c(F)c(F)c2F)(c2c(F)c(F)c(F)c(F)c2F)c2c(F)c(F)c(F)c(F)c2F)c(F)c1F.O=C(OC(F)(F)F)c1cccc[n+]1Cc1ccccc1. The predicted molar refractivity (Wildman–Crippen MR) is 173 cm³/mol. The van der Waals surface area contributed by atoms with Crippen LogP contribution in [0.15, 0.2) is 54.7 Å². The number of aromatic nitrogens is 1. The van der Waals surface area contributed by atoms with E-state index in [1.54, 1.807) is 6.07 Å². The summed E-state index contributed by atoms with van der Waals surface area (Å²) in [5, 5.41) is 0. The van der Waals surface area contributed by atoms with Gasteiger partial charge in [-0.3, -0.25) is 0 Å². The first-order valence-corrected chi connectivity index (χ1v) is 16.7. The van der Waals surface area contributed by atoms with Crippen molar-refractivity contribution in [3.05, 3.63) is 182 Å². The molecule has 27 heteroatoms. The van der Waals surface area contributed by atoms with Gasteiger partial charge in [-0.1, -0.05) is 30.3 Å². The third-order valence-electron chi connectivity index (χ3n) is 9.26. The number of carbonyl (C=O) groups is 1. The Morgan fingerprint density at radius 2 is 0.662 bits per heavy atom. The number of esters is 1. The summed E-state index contributed by atoms with van der Waals surface area (Å²) >= 11 is 0. The van der Waals surface area contributed by atoms with Crippen LogP contribution in [0, 0.1) is 116 Å². The maximum Gasteiger partial charge on any atom is 0.575 e. The molecule has 65 heavy (non-hydrogen) atoms. The molecule has 5 aromatic carbocycles. The molecule has 6 aromatic rings. The maximum absolute atomic E-state index is 15.4. The lowest BCUT2D eigenvalue weighted by Crippen LogP contribution is -2.81. The summed E-state index contributed by atoms with van der Waals surface area (Å²) in [7, 11) is 0. The van der Waals surface area contributed by atoms with E-state index in [0.717, 1.165) is 5.56 Å². The van der Waals surface area contributed by atoms with Gasteiger partial charge >= 0.3 is 12.3 Å². The molecule has 0 saturated heterocycles. The summed E-state index contributed by atoms with van der Waals surface area (Å²) in [5.74, 6) is -72.8. The van der Waals surface area contributed by atoms with Crippen molar-refractivity contribution in [3.63, 3.8) is 0 Å². The molecule has 1 aromatic heterocycles. The minimum Gasteiger partial charge on any atom is -0.365 e. The van der Waals surface area contributed by atoms with E-state index in [-0.39, 0.29) is 12.2 Å². The normalized spacial score (nSPS) is 11.7. The summed E-state index contributed by atoms with van der Waals surface area (Å²) in [5.41, 5.74) is -13.6. The lowest BCUT2D eigenvalue weighted by atomic mass is 9.12. The molecule has 0 amide bonds. The Bertz CT molecular complexity index is 2510. The highest BCUT2D eigenvalue weighted by Gasteiger charge is 2.52. The molecule has 0 fully saturated rings. The summed E-state index contributed by atoms with van der Waals surface area (Å²) in [4.78, 5) is 11.5. The van der Waals surface area contributed by atoms with Crippen molar-refractivity contribution in [3.8, 4) is 0 Å². The van der Waals surface area contributed by atoms with Gasteiger partial charge in [-0.25, -0.2) is 92.6 Å². The van der Waals surface area contributed by atoms with Crippen LogP contribution in [0.5, 0.6) is 0 Å². The van der Waals surface area contributed by atoms with Crippen LogP contribution in [-0.2, 0) is 11.3 Å². The number of benzene rings is 5. The Labute approximate surface area is 344 Å². The Kier molecular flexibility index (Phi) is 13.6. The summed E-state index contributed by atoms with van der Waals surface area (Å²) in [6.45, 7) is 0.282. The molecule has 6 rings (SSSR count). The average molecular weight is 961 g/mol. The van der Waals surface area contributed by atoms with Crippen LogP contribution in [0.1, 0.15) is 16.1 Å². The smallest absolute Gasteiger partial charge is 0.365 e. The molecule has 0 atom stereocenters. The van der Waals surface area contributed by atoms with Crippen LogP contribution >= 0.6 is 0 Å². The number of pyridine rings is 1. The zero-order chi connectivity index (χ0) is 48.9. The van der Waals surface area contributed by atoms with E-state index in [0.29, 0.717) is 0 Å². The summed E-state index contributed by atoms with van der Waals surface area (Å²) in [6, 6.07) is 13.5. The fourth-order valence-electron chi connectivity index (χ4n) is 6.61. The Balaban J connectivity index is 0.000000330. The highest BCUT2D eigenvalue weighted by Crippen LogP contribution is 2.31. The van der Waals surface area contributed by atoms with E-state index < -0.39 is 157 Å². The number of rotatable bonds is 7. The molecule has 0 spiro atoms. The molecule has 0 saturated carbocycles. The highest BCUT2D eigenvalue weighted by atomic mass is 19.4. The second kappa shape index (κ2) is 18.0. The molecule has 0 aliphatic heterocycles. The van der Waals surface area contributed by atoms with Gasteiger partial charge in [-0.2, -0.15) is 4.57 Å². The molecule has 3 nitrogen and oxygen atoms in total. The second-order valence-corrected chi connectivity index (χ2v) is 12.8. The van der Waals surface area contributed by atoms with Gasteiger partial charge in [0.25, 0.3) is 5.69 Å². The minimum atomic E-state index is -7.22. The topological polar surface area (TPSA) is 30.2 Å². The predicted octanol–water partition coefficient (Wildman–Crippen LogP) is 8.55. The quantitative estimate of drug-likeness (QED) is 0.0402. The molecule has 0 aliphatic carbocycles. The summed E-state index contributed by atoms with van der Waals surface area (Å²) < 4.78 is 335. The monoisotopic (exact) mass is 961 g/mol. The van der Waals surface area contributed by atoms with Gasteiger partial charge in [0.15, 0.2) is 82.5 Å². The van der Waals surface area contributed by atoms with Crippen LogP contribution in [-0.4, -0.2) is 18.5 Å². The third kappa shape index (κ3) is 8.26. The lowest BCUT2D eigenvalue weighted by molar-refractivity contribution is -0.691. The number of ether oxygens (including phenoxy) is 1. The maximum atomic E-state index is 15.4. The number of halogens is 23. The molecule has 0 bridgehead atoms. The van der Waals surface area contributed by atoms with Gasteiger partial charge < -0.3 is 4.74 Å². The first-order valence-electron chi connectivity index (χ1n) is 16.7. The van der Waals surface area contributed by atoms with Gasteiger partial charge in [-0.15, -0.1) is 35.0 Å². The average Bonchev–Trinajstić information content (AvgIpc) is 3.26. The van der Waals surface area contributed by atoms with Crippen molar-refractivity contribution in [2.75, 3.05) is 0 Å². The Morgan fingerprint density at radius 3 is 0.938 bits per heavy atom. The minimum absolute atomic E-state index is 0.159. The number of nitrogens with zero attached hydrogens (tertiary/aromatic N) is 1. The van der Waals surface area contributed by atoms with E-state index in [2.05, 4.69) is 4.74 Å². The highest BCUT2D eigenvalue weighted by molar-refractivity contribution is 7.20. The van der Waals surface area contributed by atoms with Crippen LogP contribution in [0.3, 0.4) is 0 Å². The zero-order valence-electron chi connectivity index (χ0n) is 30.4. The van der Waals surface area contributed by atoms with Gasteiger partial charge in [0.1, 0.15) is 52.7 Å². The van der Waals surface area contributed by atoms with E-state index in [9.17, 15) is 70.7 Å². The van der Waals surface area contributed by atoms with Gasteiger partial charge in [0, 0.05) is 17.7 Å². The van der Waals surface area contributed by atoms with E-state index in [1.165, 1.54) is 22.9 Å². The lowest BCUT2D eigenvalue weighted by Gasteiger charge is -2.44. The molecule has 1 heterocycles. The molecule has 0 aliphatic rings. The Morgan fingerprint density at radius 1 is 0.400 bits per heavy atom. The van der Waals surface area contributed by atoms with Crippen LogP contribution in [0.25, 0.3) is 0 Å². The molecular weight excluding hydrogens is 950 g/mol. The molecule has 0 N–H and O–H groups in total. The van der Waals surface area contributed by atoms with Crippen molar-refractivity contribution < 1.29 is 115 Å². The number of hydrogen-bond donors (Lipinski definition) is 0. The standard InChI is InChI=1S/C24BF20.C14H11F3NO2/c26-5-1(6(27)14(35)21(42)13(5)34)25(2-7(28)15(36)22(43)16(37)8(2)29,3-9(30)17(38)23(44)18(39)10(3)31)4-11(32)19(40)24(45)20(41)12(4)33;15-14(16,17)20-13(19)12-8-4-5-9-18(12)10-11-6-2-1-3-7-11/h;1-9H,10H2/q-1;+1. The molecular formula is C38H11BF23NO2. The molecule has 0 unspecified atom stereocenters. The number of carbonyl (C=O) groups excluding carboxylic acids is 1. The number of hydrogen-bond acceptors (Lipinski definition) is 2. The Hall–Kier alpha value is -6.83. The van der Waals surface area contributed by atoms with Gasteiger partial charge in [0.2, 0.25) is 0 Å². The van der Waals surface area contributed by atoms with Crippen molar-refractivity contribution in [1.29, 1.82) is 0 Å². The number of alkyl halides is 3. The van der Waals surface area contributed by atoms with Crippen LogP contribution < -0.4 is 26.4 Å². The van der Waals surface area contributed by atoms with Gasteiger partial charge in [-0.05, 0) is 6.07 Å². The fourth-order valence-corrected chi connectivity index (χ4v) is 6.61. The van der Waals surface area contributed by atoms with E-state index in [4.69, 9.17) is 0 Å². The van der Waals surface area contributed by atoms with Gasteiger partial charge in [0.05, 0.1) is 0 Å². The van der Waals surface area contributed by atoms with Crippen LogP contribution in [0.4, 0.5) is 101 Å². The van der Waals surface area contributed by atoms with Crippen molar-refractivity contribution in [1.82, 2.24) is 0 Å². The fraction of sp³-hybridized carbons (Fsp3) is 0.0526. The molecule has 344 valence electrons. The largest absolute Gasteiger partial charge is 0.575 e. The first-order chi connectivity index (χ1) is 30.2. The van der Waals surface area contributed by atoms with Crippen molar-refractivity contribution >= 4 is 34.0 Å². The molecule has 0 radical (unpaired) electrons. The summed E-state index contributed by atoms with van der Waals surface area (Å²) in [6.07, 6.45) is -10.7. The second-order valence-electron chi connectivity index (χ2n) is 12.8. The van der Waals surface area contributed by atoms with E-state index >= 15 is 35.1 Å². The van der Waals surface area contributed by atoms with Crippen LogP contribution in [0.2, 0.25) is 0 Å². The zero-order valence-corrected chi connectivity index (χ0v) is 30.4. The van der Waals surface area contributed by atoms with Crippen molar-refractivity contribution in [2.45, 2.75) is 12.9 Å².